The molecular formula is C21H29NO4S. The number of hydrogen-bond donors (Lipinski definition) is 1. The largest absolute Gasteiger partial charge is 0.481 e. The number of rotatable bonds is 11. The molecule has 1 heterocycles. The third-order valence-electron chi connectivity index (χ3n) is 5.10. The Bertz CT molecular complexity index is 782. The van der Waals surface area contributed by atoms with Crippen LogP contribution in [0.4, 0.5) is 0 Å². The van der Waals surface area contributed by atoms with Gasteiger partial charge in [-0.05, 0) is 37.6 Å². The van der Waals surface area contributed by atoms with Gasteiger partial charge in [-0.3, -0.25) is 9.79 Å². The molecule has 2 rings (SSSR count). The highest BCUT2D eigenvalue weighted by Gasteiger charge is 2.52. The summed E-state index contributed by atoms with van der Waals surface area (Å²) >= 11 is 0. The summed E-state index contributed by atoms with van der Waals surface area (Å²) in [6.45, 7) is 4.02. The van der Waals surface area contributed by atoms with Crippen LogP contribution >= 0.6 is 0 Å². The van der Waals surface area contributed by atoms with Crippen LogP contribution in [0.1, 0.15) is 57.4 Å². The van der Waals surface area contributed by atoms with Crippen molar-refractivity contribution in [1.29, 1.82) is 0 Å². The molecule has 2 atom stereocenters. The molecule has 0 aliphatic carbocycles. The van der Waals surface area contributed by atoms with Gasteiger partial charge in [-0.2, -0.15) is 0 Å². The van der Waals surface area contributed by atoms with Crippen molar-refractivity contribution in [2.45, 2.75) is 68.6 Å². The molecule has 6 heteroatoms. The van der Waals surface area contributed by atoms with E-state index in [0.29, 0.717) is 6.42 Å². The minimum atomic E-state index is -3.98. The van der Waals surface area contributed by atoms with Crippen molar-refractivity contribution in [1.82, 2.24) is 0 Å². The fourth-order valence-electron chi connectivity index (χ4n) is 3.48. The normalized spacial score (nSPS) is 20.1. The minimum absolute atomic E-state index is 0.103. The Morgan fingerprint density at radius 2 is 1.74 bits per heavy atom. The third-order valence-corrected chi connectivity index (χ3v) is 7.38. The van der Waals surface area contributed by atoms with Gasteiger partial charge in [-0.15, -0.1) is 0 Å². The van der Waals surface area contributed by atoms with Crippen molar-refractivity contribution in [3.8, 4) is 0 Å². The molecule has 27 heavy (non-hydrogen) atoms. The first-order valence-electron chi connectivity index (χ1n) is 9.62. The fraction of sp³-hybridized carbons (Fsp3) is 0.524. The van der Waals surface area contributed by atoms with Crippen molar-refractivity contribution in [2.24, 2.45) is 10.9 Å². The Morgan fingerprint density at radius 3 is 2.30 bits per heavy atom. The quantitative estimate of drug-likeness (QED) is 0.561. The molecule has 0 spiro atoms. The predicted molar refractivity (Wildman–Crippen MR) is 108 cm³/mol. The standard InChI is InChI=1S/C21H29NO4S/c1-3-4-5-6-7-8-10-19(20(23)24)21(15-9-16-22-21)27(25,26)18-13-11-17(2)12-14-18/h9,11-16,19H,3-8,10H2,1-2H3,(H,23,24). The Hall–Kier alpha value is -1.95. The van der Waals surface area contributed by atoms with E-state index in [4.69, 9.17) is 0 Å². The summed E-state index contributed by atoms with van der Waals surface area (Å²) in [4.78, 5) is 14.5. The van der Waals surface area contributed by atoms with Gasteiger partial charge in [0.2, 0.25) is 9.84 Å². The highest BCUT2D eigenvalue weighted by atomic mass is 32.2. The first-order chi connectivity index (χ1) is 12.8. The summed E-state index contributed by atoms with van der Waals surface area (Å²) < 4.78 is 26.7. The number of carboxylic acid groups (broad SMARTS) is 1. The van der Waals surface area contributed by atoms with Gasteiger partial charge in [0.25, 0.3) is 0 Å². The van der Waals surface area contributed by atoms with Crippen molar-refractivity contribution in [2.75, 3.05) is 0 Å². The van der Waals surface area contributed by atoms with E-state index >= 15 is 0 Å². The third kappa shape index (κ3) is 4.67. The van der Waals surface area contributed by atoms with E-state index in [1.807, 2.05) is 6.92 Å². The number of aryl methyl sites for hydroxylation is 1. The van der Waals surface area contributed by atoms with E-state index in [-0.39, 0.29) is 11.3 Å². The Labute approximate surface area is 162 Å². The molecule has 0 saturated heterocycles. The highest BCUT2D eigenvalue weighted by Crippen LogP contribution is 2.40. The van der Waals surface area contributed by atoms with Gasteiger partial charge in [-0.25, -0.2) is 8.42 Å². The molecule has 5 nitrogen and oxygen atoms in total. The minimum Gasteiger partial charge on any atom is -0.481 e. The summed E-state index contributed by atoms with van der Waals surface area (Å²) in [6.07, 6.45) is 10.7. The molecule has 1 aromatic rings. The highest BCUT2D eigenvalue weighted by molar-refractivity contribution is 7.93. The SMILES string of the molecule is CCCCCCCCC(C(=O)O)C1(S(=O)(=O)c2ccc(C)cc2)C=CC=N1. The van der Waals surface area contributed by atoms with Gasteiger partial charge in [-0.1, -0.05) is 63.1 Å². The van der Waals surface area contributed by atoms with E-state index in [0.717, 1.165) is 31.2 Å². The van der Waals surface area contributed by atoms with Crippen LogP contribution < -0.4 is 0 Å². The maximum Gasteiger partial charge on any atom is 0.310 e. The van der Waals surface area contributed by atoms with E-state index in [1.54, 1.807) is 12.1 Å². The Kier molecular flexibility index (Phi) is 7.36. The van der Waals surface area contributed by atoms with Crippen molar-refractivity contribution in [3.63, 3.8) is 0 Å². The summed E-state index contributed by atoms with van der Waals surface area (Å²) in [5, 5.41) is 9.82. The predicted octanol–water partition coefficient (Wildman–Crippen LogP) is 4.56. The maximum atomic E-state index is 13.4. The van der Waals surface area contributed by atoms with Gasteiger partial charge in [0.15, 0.2) is 4.87 Å². The number of sulfone groups is 1. The van der Waals surface area contributed by atoms with E-state index in [9.17, 15) is 18.3 Å². The van der Waals surface area contributed by atoms with Crippen LogP contribution in [-0.2, 0) is 14.6 Å². The zero-order chi connectivity index (χ0) is 19.9. The molecule has 1 aliphatic rings. The number of benzene rings is 1. The van der Waals surface area contributed by atoms with Crippen LogP contribution in [0.3, 0.4) is 0 Å². The second kappa shape index (κ2) is 9.31. The number of carbonyl (C=O) groups is 1. The van der Waals surface area contributed by atoms with Crippen LogP contribution in [0.25, 0.3) is 0 Å². The molecule has 0 radical (unpaired) electrons. The van der Waals surface area contributed by atoms with Crippen LogP contribution in [-0.4, -0.2) is 30.6 Å². The van der Waals surface area contributed by atoms with E-state index < -0.39 is 26.6 Å². The monoisotopic (exact) mass is 391 g/mol. The fourth-order valence-corrected chi connectivity index (χ4v) is 5.40. The van der Waals surface area contributed by atoms with Crippen LogP contribution in [0.15, 0.2) is 46.3 Å². The summed E-state index contributed by atoms with van der Waals surface area (Å²) in [7, 11) is -3.98. The second-order valence-corrected chi connectivity index (χ2v) is 9.29. The van der Waals surface area contributed by atoms with Crippen LogP contribution in [0.2, 0.25) is 0 Å². The smallest absolute Gasteiger partial charge is 0.310 e. The first kappa shape index (κ1) is 21.4. The first-order valence-corrected chi connectivity index (χ1v) is 11.1. The number of carboxylic acids is 1. The van der Waals surface area contributed by atoms with Crippen molar-refractivity contribution < 1.29 is 18.3 Å². The van der Waals surface area contributed by atoms with Crippen molar-refractivity contribution >= 4 is 22.0 Å². The Morgan fingerprint density at radius 1 is 1.11 bits per heavy atom. The molecule has 148 valence electrons. The average molecular weight is 392 g/mol. The van der Waals surface area contributed by atoms with Crippen LogP contribution in [0, 0.1) is 12.8 Å². The summed E-state index contributed by atoms with van der Waals surface area (Å²) in [6, 6.07) is 6.48. The number of allylic oxidation sites excluding steroid dienone is 1. The molecule has 1 aliphatic heterocycles. The lowest BCUT2D eigenvalue weighted by atomic mass is 9.93. The molecule has 2 unspecified atom stereocenters. The lowest BCUT2D eigenvalue weighted by Gasteiger charge is -2.30. The number of aliphatic carboxylic acids is 1. The van der Waals surface area contributed by atoms with Gasteiger partial charge in [0.05, 0.1) is 4.90 Å². The Balaban J connectivity index is 2.26. The molecule has 0 amide bonds. The van der Waals surface area contributed by atoms with Gasteiger partial charge in [0, 0.05) is 6.21 Å². The lowest BCUT2D eigenvalue weighted by molar-refractivity contribution is -0.142. The zero-order valence-electron chi connectivity index (χ0n) is 16.1. The lowest BCUT2D eigenvalue weighted by Crippen LogP contribution is -2.45. The van der Waals surface area contributed by atoms with E-state index in [2.05, 4.69) is 11.9 Å². The number of nitrogens with zero attached hydrogens (tertiary/aromatic N) is 1. The van der Waals surface area contributed by atoms with E-state index in [1.165, 1.54) is 36.9 Å². The maximum absolute atomic E-state index is 13.4. The molecule has 0 aromatic heterocycles. The molecular weight excluding hydrogens is 362 g/mol. The average Bonchev–Trinajstić information content (AvgIpc) is 3.12. The molecule has 1 aromatic carbocycles. The van der Waals surface area contributed by atoms with Crippen molar-refractivity contribution in [3.05, 3.63) is 42.0 Å². The van der Waals surface area contributed by atoms with Gasteiger partial charge < -0.3 is 5.11 Å². The topological polar surface area (TPSA) is 83.8 Å². The molecule has 0 fully saturated rings. The van der Waals surface area contributed by atoms with Crippen LogP contribution in [0.5, 0.6) is 0 Å². The molecule has 0 bridgehead atoms. The number of unbranched alkanes of at least 4 members (excludes halogenated alkanes) is 5. The van der Waals surface area contributed by atoms with Gasteiger partial charge >= 0.3 is 5.97 Å². The number of hydrogen-bond acceptors (Lipinski definition) is 4. The van der Waals surface area contributed by atoms with Gasteiger partial charge in [0.1, 0.15) is 5.92 Å². The molecule has 0 saturated carbocycles. The summed E-state index contributed by atoms with van der Waals surface area (Å²) in [5.41, 5.74) is 0.940. The number of aliphatic imine (C=N–C) groups is 1. The molecule has 1 N–H and O–H groups in total. The second-order valence-electron chi connectivity index (χ2n) is 7.15. The summed E-state index contributed by atoms with van der Waals surface area (Å²) in [5.74, 6) is -2.23. The zero-order valence-corrected chi connectivity index (χ0v) is 16.9.